The Hall–Kier alpha value is -3.78. The molecule has 0 saturated carbocycles. The number of rotatable bonds is 8. The van der Waals surface area contributed by atoms with Gasteiger partial charge in [0.25, 0.3) is 5.91 Å². The van der Waals surface area contributed by atoms with Crippen LogP contribution in [-0.4, -0.2) is 65.1 Å². The van der Waals surface area contributed by atoms with E-state index >= 15 is 0 Å². The summed E-state index contributed by atoms with van der Waals surface area (Å²) in [7, 11) is -0.345. The Morgan fingerprint density at radius 1 is 1.10 bits per heavy atom. The highest BCUT2D eigenvalue weighted by molar-refractivity contribution is 7.62. The molecule has 6 rings (SSSR count). The van der Waals surface area contributed by atoms with Crippen molar-refractivity contribution in [2.75, 3.05) is 33.1 Å². The topological polar surface area (TPSA) is 86.6 Å². The Balaban J connectivity index is 1.35. The fourth-order valence-corrected chi connectivity index (χ4v) is 6.61. The molecule has 4 heterocycles. The summed E-state index contributed by atoms with van der Waals surface area (Å²) < 4.78 is 51.2. The van der Waals surface area contributed by atoms with Gasteiger partial charge in [-0.2, -0.15) is 8.78 Å². The lowest BCUT2D eigenvalue weighted by atomic mass is 9.97. The summed E-state index contributed by atoms with van der Waals surface area (Å²) in [6.07, 6.45) is 3.59. The molecule has 0 fully saturated rings. The second-order valence-corrected chi connectivity index (χ2v) is 14.3. The van der Waals surface area contributed by atoms with Gasteiger partial charge < -0.3 is 23.5 Å². The van der Waals surface area contributed by atoms with E-state index in [0.29, 0.717) is 42.6 Å². The number of hydrogen-bond donors (Lipinski definition) is 0. The number of ether oxygens (including phenoxy) is 2. The lowest BCUT2D eigenvalue weighted by Gasteiger charge is -2.24. The minimum absolute atomic E-state index is 0.00577. The lowest BCUT2D eigenvalue weighted by molar-refractivity contribution is -0.0507. The van der Waals surface area contributed by atoms with Gasteiger partial charge in [0.2, 0.25) is 5.88 Å². The molecule has 8 nitrogen and oxygen atoms in total. The predicted molar refractivity (Wildman–Crippen MR) is 148 cm³/mol. The van der Waals surface area contributed by atoms with Crippen molar-refractivity contribution in [3.63, 3.8) is 0 Å². The van der Waals surface area contributed by atoms with E-state index in [2.05, 4.69) is 9.55 Å². The van der Waals surface area contributed by atoms with Crippen LogP contribution in [0.1, 0.15) is 46.7 Å². The number of aromatic nitrogens is 3. The van der Waals surface area contributed by atoms with Crippen molar-refractivity contribution in [2.24, 2.45) is 0 Å². The Morgan fingerprint density at radius 2 is 1.90 bits per heavy atom. The first kappa shape index (κ1) is 26.4. The number of fused-ring (bicyclic) bond motifs is 9. The number of carbonyl (C=O) groups is 1. The molecule has 1 amide bonds. The van der Waals surface area contributed by atoms with Gasteiger partial charge in [0.1, 0.15) is 11.6 Å². The number of nitrogens with zero attached hydrogens (tertiary/aromatic N) is 4. The van der Waals surface area contributed by atoms with Gasteiger partial charge in [-0.15, -0.1) is 0 Å². The highest BCUT2D eigenvalue weighted by Gasteiger charge is 2.45. The van der Waals surface area contributed by atoms with Crippen LogP contribution in [0.4, 0.5) is 8.78 Å². The smallest absolute Gasteiger partial charge is 0.387 e. The van der Waals surface area contributed by atoms with Crippen LogP contribution >= 0.6 is 7.14 Å². The molecule has 2 aromatic carbocycles. The first-order valence-corrected chi connectivity index (χ1v) is 15.9. The van der Waals surface area contributed by atoms with Crippen LogP contribution in [0.15, 0.2) is 54.7 Å². The molecule has 2 aromatic heterocycles. The molecular weight excluding hydrogens is 537 g/mol. The fourth-order valence-electron chi connectivity index (χ4n) is 5.72. The molecule has 0 unspecified atom stereocenters. The average molecular weight is 567 g/mol. The molecule has 2 bridgehead atoms. The molecule has 0 saturated heterocycles. The lowest BCUT2D eigenvalue weighted by Crippen LogP contribution is -2.30. The number of benzene rings is 2. The maximum atomic E-state index is 13.3. The van der Waals surface area contributed by atoms with Gasteiger partial charge in [0, 0.05) is 48.6 Å². The number of amides is 1. The van der Waals surface area contributed by atoms with Gasteiger partial charge in [0.15, 0.2) is 0 Å². The van der Waals surface area contributed by atoms with Gasteiger partial charge in [-0.25, -0.2) is 9.97 Å². The molecular formula is C29H29F2N4O4P. The minimum atomic E-state index is -3.01. The number of alkyl halides is 2. The summed E-state index contributed by atoms with van der Waals surface area (Å²) in [5.41, 5.74) is 4.19. The molecule has 40 heavy (non-hydrogen) atoms. The third kappa shape index (κ3) is 4.74. The third-order valence-corrected chi connectivity index (χ3v) is 8.96. The maximum Gasteiger partial charge on any atom is 0.387 e. The normalized spacial score (nSPS) is 18.1. The van der Waals surface area contributed by atoms with Gasteiger partial charge in [-0.05, 0) is 55.6 Å². The van der Waals surface area contributed by atoms with Gasteiger partial charge in [0.05, 0.1) is 36.9 Å². The van der Waals surface area contributed by atoms with E-state index in [1.807, 2.05) is 24.3 Å². The second kappa shape index (κ2) is 10.0. The second-order valence-electron chi connectivity index (χ2n) is 10.7. The summed E-state index contributed by atoms with van der Waals surface area (Å²) in [6, 6.07) is 13.6. The highest BCUT2D eigenvalue weighted by Crippen LogP contribution is 2.50. The van der Waals surface area contributed by atoms with E-state index in [-0.39, 0.29) is 17.7 Å². The largest absolute Gasteiger partial charge is 0.478 e. The maximum absolute atomic E-state index is 13.3. The number of pyridine rings is 1. The molecule has 0 aliphatic carbocycles. The van der Waals surface area contributed by atoms with Crippen LogP contribution in [0.5, 0.6) is 11.6 Å². The van der Waals surface area contributed by atoms with E-state index < -0.39 is 19.8 Å². The number of hydrogen-bond acceptors (Lipinski definition) is 6. The van der Waals surface area contributed by atoms with Crippen molar-refractivity contribution >= 4 is 24.1 Å². The van der Waals surface area contributed by atoms with E-state index in [9.17, 15) is 18.1 Å². The molecule has 2 aliphatic rings. The van der Waals surface area contributed by atoms with Crippen LogP contribution in [0, 0.1) is 0 Å². The summed E-state index contributed by atoms with van der Waals surface area (Å²) in [4.78, 5) is 24.2. The summed E-state index contributed by atoms with van der Waals surface area (Å²) in [5, 5.41) is 0. The SMILES string of the molecule is CN1C(=O)c2cccc(OC(F)F)c2[C@H]2C[C@@H]1c1nc3ccc(-c4ccc(OCCCP(C)(C)=O)nc4)cc3n12. The van der Waals surface area contributed by atoms with E-state index in [4.69, 9.17) is 14.5 Å². The number of halogens is 2. The Morgan fingerprint density at radius 3 is 2.62 bits per heavy atom. The van der Waals surface area contributed by atoms with Crippen LogP contribution in [0.2, 0.25) is 0 Å². The molecule has 4 aromatic rings. The molecule has 0 N–H and O–H groups in total. The molecule has 2 aliphatic heterocycles. The fraction of sp³-hybridized carbons (Fsp3) is 0.345. The Bertz CT molecular complexity index is 1650. The van der Waals surface area contributed by atoms with Crippen LogP contribution in [-0.2, 0) is 4.57 Å². The predicted octanol–water partition coefficient (Wildman–Crippen LogP) is 6.21. The zero-order chi connectivity index (χ0) is 28.2. The van der Waals surface area contributed by atoms with Gasteiger partial charge >= 0.3 is 6.61 Å². The van der Waals surface area contributed by atoms with Gasteiger partial charge in [-0.3, -0.25) is 4.79 Å². The van der Waals surface area contributed by atoms with E-state index in [1.165, 1.54) is 6.07 Å². The summed E-state index contributed by atoms with van der Waals surface area (Å²) in [6.45, 7) is 0.983. The quantitative estimate of drug-likeness (QED) is 0.186. The van der Waals surface area contributed by atoms with Gasteiger partial charge in [-0.1, -0.05) is 12.1 Å². The molecule has 11 heteroatoms. The van der Waals surface area contributed by atoms with Crippen LogP contribution in [0.25, 0.3) is 22.2 Å². The van der Waals surface area contributed by atoms with E-state index in [1.54, 1.807) is 49.7 Å². The Kier molecular flexibility index (Phi) is 6.61. The zero-order valence-corrected chi connectivity index (χ0v) is 23.3. The first-order chi connectivity index (χ1) is 19.1. The Labute approximate surface area is 230 Å². The first-order valence-electron chi connectivity index (χ1n) is 13.1. The van der Waals surface area contributed by atoms with Crippen molar-refractivity contribution in [1.29, 1.82) is 0 Å². The highest BCUT2D eigenvalue weighted by atomic mass is 31.2. The molecule has 208 valence electrons. The average Bonchev–Trinajstić information content (AvgIpc) is 3.43. The summed E-state index contributed by atoms with van der Waals surface area (Å²) in [5.74, 6) is 0.980. The van der Waals surface area contributed by atoms with Crippen molar-refractivity contribution in [2.45, 2.75) is 31.5 Å². The van der Waals surface area contributed by atoms with Crippen molar-refractivity contribution in [3.05, 3.63) is 71.7 Å². The zero-order valence-electron chi connectivity index (χ0n) is 22.4. The molecule has 2 atom stereocenters. The standard InChI is InChI=1S/C29H29F2N4O4P/c1-34-23-15-22(26-19(28(34)36)6-4-7-24(26)39-29(30)31)35-21-14-17(8-10-20(21)33-27(23)35)18-9-11-25(32-16-18)38-12-5-13-40(2,3)37/h4,6-11,14,16,22-23,29H,5,12-13,15H2,1-3H3/t22-,23-/m1/s1. The monoisotopic (exact) mass is 566 g/mol. The van der Waals surface area contributed by atoms with Crippen molar-refractivity contribution < 1.29 is 27.6 Å². The van der Waals surface area contributed by atoms with Crippen LogP contribution < -0.4 is 9.47 Å². The van der Waals surface area contributed by atoms with Crippen molar-refractivity contribution in [1.82, 2.24) is 19.4 Å². The molecule has 0 spiro atoms. The summed E-state index contributed by atoms with van der Waals surface area (Å²) >= 11 is 0. The minimum Gasteiger partial charge on any atom is -0.478 e. The van der Waals surface area contributed by atoms with Crippen LogP contribution in [0.3, 0.4) is 0 Å². The molecule has 0 radical (unpaired) electrons. The number of imidazole rings is 1. The number of carbonyl (C=O) groups excluding carboxylic acids is 1. The van der Waals surface area contributed by atoms with E-state index in [0.717, 1.165) is 28.0 Å². The van der Waals surface area contributed by atoms with Crippen molar-refractivity contribution in [3.8, 4) is 22.8 Å². The third-order valence-electron chi connectivity index (χ3n) is 7.57.